The highest BCUT2D eigenvalue weighted by Crippen LogP contribution is 2.13. The number of carbonyl (C=O) groups is 2. The zero-order chi connectivity index (χ0) is 12.4. The minimum Gasteiger partial charge on any atom is -0.478 e. The molecule has 1 aromatic heterocycles. The largest absolute Gasteiger partial charge is 0.478 e. The minimum atomic E-state index is -1.20. The van der Waals surface area contributed by atoms with E-state index < -0.39 is 17.5 Å². The van der Waals surface area contributed by atoms with E-state index in [0.717, 1.165) is 12.2 Å². The molecule has 0 bridgehead atoms. The van der Waals surface area contributed by atoms with E-state index in [1.807, 2.05) is 0 Å². The Morgan fingerprint density at radius 2 is 2.06 bits per heavy atom. The van der Waals surface area contributed by atoms with Crippen LogP contribution in [0.2, 0.25) is 0 Å². The lowest BCUT2D eigenvalue weighted by Gasteiger charge is -1.94. The number of hydrogen-bond donors (Lipinski definition) is 2. The number of oxazole rings is 1. The van der Waals surface area contributed by atoms with Crippen LogP contribution in [0.15, 0.2) is 39.6 Å². The van der Waals surface area contributed by atoms with Crippen molar-refractivity contribution in [3.05, 3.63) is 46.5 Å². The molecule has 6 nitrogen and oxygen atoms in total. The molecule has 0 fully saturated rings. The van der Waals surface area contributed by atoms with Gasteiger partial charge in [-0.1, -0.05) is 0 Å². The summed E-state index contributed by atoms with van der Waals surface area (Å²) >= 11 is 0. The highest BCUT2D eigenvalue weighted by molar-refractivity contribution is 6.08. The fourth-order valence-corrected chi connectivity index (χ4v) is 1.34. The topological polar surface area (TPSA) is 100 Å². The zero-order valence-corrected chi connectivity index (χ0v) is 8.47. The number of fused-ring (bicyclic) bond motifs is 1. The molecule has 0 aliphatic heterocycles. The van der Waals surface area contributed by atoms with Crippen LogP contribution in [-0.4, -0.2) is 21.8 Å². The van der Waals surface area contributed by atoms with Gasteiger partial charge in [-0.05, 0) is 24.3 Å². The second kappa shape index (κ2) is 4.09. The number of aromatic amines is 1. The van der Waals surface area contributed by atoms with Crippen LogP contribution in [0.5, 0.6) is 0 Å². The Kier molecular flexibility index (Phi) is 2.61. The van der Waals surface area contributed by atoms with Crippen molar-refractivity contribution in [2.24, 2.45) is 0 Å². The average Bonchev–Trinajstić information content (AvgIpc) is 2.64. The predicted octanol–water partition coefficient (Wildman–Crippen LogP) is 0.945. The van der Waals surface area contributed by atoms with Gasteiger partial charge in [-0.15, -0.1) is 0 Å². The van der Waals surface area contributed by atoms with Crippen molar-refractivity contribution in [2.45, 2.75) is 0 Å². The van der Waals surface area contributed by atoms with Gasteiger partial charge >= 0.3 is 11.7 Å². The van der Waals surface area contributed by atoms with Crippen LogP contribution in [0, 0.1) is 0 Å². The highest BCUT2D eigenvalue weighted by atomic mass is 16.4. The molecule has 17 heavy (non-hydrogen) atoms. The second-order valence-corrected chi connectivity index (χ2v) is 3.26. The number of nitrogens with one attached hydrogen (secondary N) is 1. The zero-order valence-electron chi connectivity index (χ0n) is 8.47. The van der Waals surface area contributed by atoms with Crippen molar-refractivity contribution < 1.29 is 19.1 Å². The number of carboxylic acids is 1. The summed E-state index contributed by atoms with van der Waals surface area (Å²) in [5.41, 5.74) is 0.982. The monoisotopic (exact) mass is 233 g/mol. The van der Waals surface area contributed by atoms with E-state index in [-0.39, 0.29) is 11.1 Å². The summed E-state index contributed by atoms with van der Waals surface area (Å²) in [6.07, 6.45) is 1.69. The summed E-state index contributed by atoms with van der Waals surface area (Å²) in [5, 5.41) is 8.38. The summed E-state index contributed by atoms with van der Waals surface area (Å²) < 4.78 is 4.78. The summed E-state index contributed by atoms with van der Waals surface area (Å²) in [7, 11) is 0. The van der Waals surface area contributed by atoms with Crippen LogP contribution in [0.1, 0.15) is 10.4 Å². The molecule has 2 rings (SSSR count). The molecule has 1 aromatic carbocycles. The molecule has 0 aliphatic rings. The number of carbonyl (C=O) groups excluding carboxylic acids is 1. The van der Waals surface area contributed by atoms with E-state index >= 15 is 0 Å². The number of benzene rings is 1. The first-order valence-electron chi connectivity index (χ1n) is 4.64. The van der Waals surface area contributed by atoms with Crippen LogP contribution in [-0.2, 0) is 4.79 Å². The molecule has 2 aromatic rings. The summed E-state index contributed by atoms with van der Waals surface area (Å²) in [6.45, 7) is 0. The van der Waals surface area contributed by atoms with Crippen molar-refractivity contribution in [1.82, 2.24) is 4.98 Å². The lowest BCUT2D eigenvalue weighted by molar-refractivity contribution is -0.131. The molecule has 6 heteroatoms. The fraction of sp³-hybridized carbons (Fsp3) is 0. The Balaban J connectivity index is 2.39. The van der Waals surface area contributed by atoms with Gasteiger partial charge in [0, 0.05) is 11.6 Å². The molecular formula is C11H7NO5. The molecule has 0 saturated heterocycles. The normalized spacial score (nSPS) is 11.1. The molecule has 0 atom stereocenters. The SMILES string of the molecule is O=C(O)C=CC(=O)c1ccc2[nH]c(=O)oc2c1. The van der Waals surface area contributed by atoms with Crippen LogP contribution in [0.25, 0.3) is 11.1 Å². The number of rotatable bonds is 3. The van der Waals surface area contributed by atoms with E-state index in [4.69, 9.17) is 9.52 Å². The molecule has 1 heterocycles. The number of carboxylic acid groups (broad SMARTS) is 1. The minimum absolute atomic E-state index is 0.248. The lowest BCUT2D eigenvalue weighted by atomic mass is 10.1. The van der Waals surface area contributed by atoms with Crippen LogP contribution < -0.4 is 5.76 Å². The molecule has 2 N–H and O–H groups in total. The van der Waals surface area contributed by atoms with E-state index in [0.29, 0.717) is 5.52 Å². The van der Waals surface area contributed by atoms with Gasteiger partial charge in [-0.3, -0.25) is 9.78 Å². The third-order valence-electron chi connectivity index (χ3n) is 2.08. The standard InChI is InChI=1S/C11H7NO5/c13-8(3-4-10(14)15)6-1-2-7-9(5-6)17-11(16)12-7/h1-5H,(H,12,16)(H,14,15). The third-order valence-corrected chi connectivity index (χ3v) is 2.08. The molecule has 0 spiro atoms. The summed E-state index contributed by atoms with van der Waals surface area (Å²) in [4.78, 5) is 35.1. The van der Waals surface area contributed by atoms with Gasteiger partial charge in [0.15, 0.2) is 11.4 Å². The van der Waals surface area contributed by atoms with Crippen molar-refractivity contribution in [3.8, 4) is 0 Å². The van der Waals surface area contributed by atoms with Gasteiger partial charge in [-0.25, -0.2) is 9.59 Å². The van der Waals surface area contributed by atoms with Crippen LogP contribution >= 0.6 is 0 Å². The Morgan fingerprint density at radius 1 is 1.29 bits per heavy atom. The number of H-pyrrole nitrogens is 1. The van der Waals surface area contributed by atoms with Crippen LogP contribution in [0.4, 0.5) is 0 Å². The maximum Gasteiger partial charge on any atom is 0.417 e. The maximum absolute atomic E-state index is 11.5. The smallest absolute Gasteiger partial charge is 0.417 e. The van der Waals surface area contributed by atoms with Gasteiger partial charge in [-0.2, -0.15) is 0 Å². The third kappa shape index (κ3) is 2.31. The summed E-state index contributed by atoms with van der Waals surface area (Å²) in [6, 6.07) is 4.37. The van der Waals surface area contributed by atoms with Gasteiger partial charge < -0.3 is 9.52 Å². The van der Waals surface area contributed by atoms with E-state index in [1.165, 1.54) is 18.2 Å². The van der Waals surface area contributed by atoms with E-state index in [2.05, 4.69) is 4.98 Å². The molecule has 0 unspecified atom stereocenters. The Hall–Kier alpha value is -2.63. The van der Waals surface area contributed by atoms with Crippen molar-refractivity contribution in [1.29, 1.82) is 0 Å². The molecule has 0 radical (unpaired) electrons. The first-order chi connectivity index (χ1) is 8.06. The molecule has 86 valence electrons. The molecular weight excluding hydrogens is 226 g/mol. The Morgan fingerprint density at radius 3 is 2.76 bits per heavy atom. The van der Waals surface area contributed by atoms with Crippen molar-refractivity contribution in [3.63, 3.8) is 0 Å². The average molecular weight is 233 g/mol. The molecule has 0 saturated carbocycles. The molecule has 0 amide bonds. The number of allylic oxidation sites excluding steroid dienone is 1. The van der Waals surface area contributed by atoms with Gasteiger partial charge in [0.2, 0.25) is 0 Å². The van der Waals surface area contributed by atoms with Gasteiger partial charge in [0.1, 0.15) is 0 Å². The quantitative estimate of drug-likeness (QED) is 0.607. The number of aliphatic carboxylic acids is 1. The maximum atomic E-state index is 11.5. The second-order valence-electron chi connectivity index (χ2n) is 3.26. The Labute approximate surface area is 94.2 Å². The number of ketones is 1. The fourth-order valence-electron chi connectivity index (χ4n) is 1.34. The van der Waals surface area contributed by atoms with E-state index in [1.54, 1.807) is 0 Å². The number of hydrogen-bond acceptors (Lipinski definition) is 4. The van der Waals surface area contributed by atoms with Crippen LogP contribution in [0.3, 0.4) is 0 Å². The predicted molar refractivity (Wildman–Crippen MR) is 57.9 cm³/mol. The number of aromatic nitrogens is 1. The van der Waals surface area contributed by atoms with E-state index in [9.17, 15) is 14.4 Å². The Bertz CT molecular complexity index is 676. The van der Waals surface area contributed by atoms with Gasteiger partial charge in [0.05, 0.1) is 5.52 Å². The lowest BCUT2D eigenvalue weighted by Crippen LogP contribution is -1.96. The van der Waals surface area contributed by atoms with Crippen molar-refractivity contribution >= 4 is 22.9 Å². The first-order valence-corrected chi connectivity index (χ1v) is 4.64. The summed E-state index contributed by atoms with van der Waals surface area (Å²) in [5.74, 6) is -2.28. The first kappa shape index (κ1) is 10.9. The highest BCUT2D eigenvalue weighted by Gasteiger charge is 2.06. The van der Waals surface area contributed by atoms with Gasteiger partial charge in [0.25, 0.3) is 0 Å². The van der Waals surface area contributed by atoms with Crippen molar-refractivity contribution in [2.75, 3.05) is 0 Å². The molecule has 0 aliphatic carbocycles.